The molecular formula is C19H22N2O4S. The molecular weight excluding hydrogens is 352 g/mol. The van der Waals surface area contributed by atoms with E-state index in [1.807, 2.05) is 37.3 Å². The Hall–Kier alpha value is -2.22. The second-order valence-electron chi connectivity index (χ2n) is 6.37. The Bertz CT molecular complexity index is 851. The van der Waals surface area contributed by atoms with Gasteiger partial charge in [-0.15, -0.1) is 0 Å². The van der Waals surface area contributed by atoms with Gasteiger partial charge in [-0.25, -0.2) is 13.1 Å². The van der Waals surface area contributed by atoms with Gasteiger partial charge in [-0.1, -0.05) is 48.0 Å². The highest BCUT2D eigenvalue weighted by molar-refractivity contribution is 7.88. The molecule has 0 bridgehead atoms. The summed E-state index contributed by atoms with van der Waals surface area (Å²) in [6, 6.07) is 16.6. The van der Waals surface area contributed by atoms with Crippen LogP contribution in [-0.2, 0) is 25.3 Å². The summed E-state index contributed by atoms with van der Waals surface area (Å²) in [4.78, 5) is 13.8. The molecule has 6 nitrogen and oxygen atoms in total. The smallest absolute Gasteiger partial charge is 0.253 e. The minimum Gasteiger partial charge on any atom is -0.365 e. The van der Waals surface area contributed by atoms with E-state index in [2.05, 4.69) is 4.72 Å². The molecule has 1 unspecified atom stereocenters. The quantitative estimate of drug-likeness (QED) is 0.837. The minimum atomic E-state index is -3.47. The topological polar surface area (TPSA) is 75.7 Å². The van der Waals surface area contributed by atoms with E-state index in [4.69, 9.17) is 4.74 Å². The van der Waals surface area contributed by atoms with Crippen molar-refractivity contribution in [2.45, 2.75) is 18.8 Å². The predicted octanol–water partition coefficient (Wildman–Crippen LogP) is 1.85. The molecule has 7 heteroatoms. The number of carbonyl (C=O) groups is 1. The van der Waals surface area contributed by atoms with Crippen LogP contribution in [0.2, 0.25) is 0 Å². The van der Waals surface area contributed by atoms with Gasteiger partial charge in [0.15, 0.2) is 0 Å². The average molecular weight is 374 g/mol. The molecule has 1 heterocycles. The van der Waals surface area contributed by atoms with Crippen LogP contribution in [0.15, 0.2) is 54.6 Å². The summed E-state index contributed by atoms with van der Waals surface area (Å²) < 4.78 is 32.6. The van der Waals surface area contributed by atoms with Crippen LogP contribution in [0.1, 0.15) is 11.1 Å². The molecule has 1 fully saturated rings. The molecule has 2 aromatic rings. The fourth-order valence-electron chi connectivity index (χ4n) is 2.79. The largest absolute Gasteiger partial charge is 0.365 e. The van der Waals surface area contributed by atoms with Crippen LogP contribution < -0.4 is 9.62 Å². The number of amides is 1. The highest BCUT2D eigenvalue weighted by Crippen LogP contribution is 2.19. The van der Waals surface area contributed by atoms with Crippen LogP contribution in [0.5, 0.6) is 0 Å². The van der Waals surface area contributed by atoms with E-state index >= 15 is 0 Å². The molecule has 26 heavy (non-hydrogen) atoms. The first kappa shape index (κ1) is 18.6. The summed E-state index contributed by atoms with van der Waals surface area (Å²) in [5.74, 6) is -0.210. The number of rotatable bonds is 6. The first-order valence-corrected chi connectivity index (χ1v) is 10.1. The number of anilines is 1. The third kappa shape index (κ3) is 4.91. The maximum Gasteiger partial charge on any atom is 0.253 e. The first-order valence-electron chi connectivity index (χ1n) is 8.43. The average Bonchev–Trinajstić information content (AvgIpc) is 2.62. The van der Waals surface area contributed by atoms with Crippen LogP contribution in [0, 0.1) is 6.92 Å². The Morgan fingerprint density at radius 1 is 1.12 bits per heavy atom. The number of sulfonamides is 1. The lowest BCUT2D eigenvalue weighted by Gasteiger charge is -2.33. The fourth-order valence-corrected chi connectivity index (χ4v) is 3.96. The van der Waals surface area contributed by atoms with Gasteiger partial charge in [0.2, 0.25) is 10.0 Å². The van der Waals surface area contributed by atoms with Gasteiger partial charge in [-0.2, -0.15) is 0 Å². The van der Waals surface area contributed by atoms with Crippen molar-refractivity contribution < 1.29 is 17.9 Å². The van der Waals surface area contributed by atoms with E-state index in [1.165, 1.54) is 0 Å². The van der Waals surface area contributed by atoms with Crippen molar-refractivity contribution in [1.82, 2.24) is 4.72 Å². The van der Waals surface area contributed by atoms with Crippen LogP contribution in [0.4, 0.5) is 5.69 Å². The van der Waals surface area contributed by atoms with E-state index in [0.717, 1.165) is 16.8 Å². The summed E-state index contributed by atoms with van der Waals surface area (Å²) in [6.07, 6.45) is -0.389. The van der Waals surface area contributed by atoms with Crippen LogP contribution >= 0.6 is 0 Å². The second kappa shape index (κ2) is 7.99. The highest BCUT2D eigenvalue weighted by Gasteiger charge is 2.28. The van der Waals surface area contributed by atoms with Gasteiger partial charge < -0.3 is 9.64 Å². The predicted molar refractivity (Wildman–Crippen MR) is 100 cm³/mol. The van der Waals surface area contributed by atoms with Crippen molar-refractivity contribution in [2.75, 3.05) is 24.6 Å². The number of benzene rings is 2. The maximum atomic E-state index is 12.2. The Balaban J connectivity index is 1.59. The number of hydrogen-bond acceptors (Lipinski definition) is 4. The van der Waals surface area contributed by atoms with Crippen molar-refractivity contribution in [3.8, 4) is 0 Å². The van der Waals surface area contributed by atoms with Crippen molar-refractivity contribution in [3.63, 3.8) is 0 Å². The molecule has 2 aromatic carbocycles. The van der Waals surface area contributed by atoms with E-state index in [1.54, 1.807) is 29.2 Å². The summed E-state index contributed by atoms with van der Waals surface area (Å²) in [6.45, 7) is 2.37. The molecule has 0 radical (unpaired) electrons. The molecule has 1 N–H and O–H groups in total. The molecule has 0 aliphatic carbocycles. The highest BCUT2D eigenvalue weighted by atomic mass is 32.2. The molecule has 1 amide bonds. The Morgan fingerprint density at radius 2 is 1.81 bits per heavy atom. The number of nitrogens with one attached hydrogen (secondary N) is 1. The zero-order valence-corrected chi connectivity index (χ0v) is 15.4. The second-order valence-corrected chi connectivity index (χ2v) is 8.17. The third-order valence-corrected chi connectivity index (χ3v) is 5.53. The molecule has 138 valence electrons. The van der Waals surface area contributed by atoms with Crippen LogP contribution in [0.3, 0.4) is 0 Å². The minimum absolute atomic E-state index is 0.0566. The van der Waals surface area contributed by atoms with E-state index in [9.17, 15) is 13.2 Å². The van der Waals surface area contributed by atoms with Crippen LogP contribution in [0.25, 0.3) is 0 Å². The standard InChI is InChI=1S/C19H22N2O4S/c1-15-7-9-17(10-8-15)21-12-18(25-13-19(21)22)11-20-26(23,24)14-16-5-3-2-4-6-16/h2-10,18,20H,11-14H2,1H3. The number of carbonyl (C=O) groups excluding carboxylic acids is 1. The fraction of sp³-hybridized carbons (Fsp3) is 0.316. The van der Waals surface area contributed by atoms with Gasteiger partial charge in [0, 0.05) is 12.2 Å². The van der Waals surface area contributed by atoms with Crippen LogP contribution in [-0.4, -0.2) is 40.1 Å². The lowest BCUT2D eigenvalue weighted by atomic mass is 10.2. The third-order valence-electron chi connectivity index (χ3n) is 4.21. The summed E-state index contributed by atoms with van der Waals surface area (Å²) in [5.41, 5.74) is 2.63. The van der Waals surface area contributed by atoms with Crippen molar-refractivity contribution in [2.24, 2.45) is 0 Å². The summed E-state index contributed by atoms with van der Waals surface area (Å²) in [7, 11) is -3.47. The molecule has 0 spiro atoms. The number of ether oxygens (including phenoxy) is 1. The lowest BCUT2D eigenvalue weighted by molar-refractivity contribution is -0.129. The Labute approximate surface area is 153 Å². The zero-order chi connectivity index (χ0) is 18.6. The molecule has 1 atom stereocenters. The normalized spacial score (nSPS) is 18.1. The molecule has 1 aliphatic heterocycles. The summed E-state index contributed by atoms with van der Waals surface area (Å²) >= 11 is 0. The number of nitrogens with zero attached hydrogens (tertiary/aromatic N) is 1. The summed E-state index contributed by atoms with van der Waals surface area (Å²) in [5, 5.41) is 0. The first-order chi connectivity index (χ1) is 12.4. The van der Waals surface area contributed by atoms with Gasteiger partial charge in [0.05, 0.1) is 18.4 Å². The maximum absolute atomic E-state index is 12.2. The lowest BCUT2D eigenvalue weighted by Crippen LogP contribution is -2.50. The zero-order valence-electron chi connectivity index (χ0n) is 14.6. The van der Waals surface area contributed by atoms with Crippen molar-refractivity contribution >= 4 is 21.6 Å². The monoisotopic (exact) mass is 374 g/mol. The van der Waals surface area contributed by atoms with Gasteiger partial charge in [-0.3, -0.25) is 4.79 Å². The number of morpholine rings is 1. The van der Waals surface area contributed by atoms with Gasteiger partial charge >= 0.3 is 0 Å². The van der Waals surface area contributed by atoms with Gasteiger partial charge in [-0.05, 0) is 24.6 Å². The van der Waals surface area contributed by atoms with Crippen molar-refractivity contribution in [3.05, 3.63) is 65.7 Å². The number of aryl methyl sites for hydroxylation is 1. The van der Waals surface area contributed by atoms with E-state index < -0.39 is 10.0 Å². The van der Waals surface area contributed by atoms with Gasteiger partial charge in [0.25, 0.3) is 5.91 Å². The molecule has 3 rings (SSSR count). The Morgan fingerprint density at radius 3 is 2.50 bits per heavy atom. The molecule has 1 saturated heterocycles. The molecule has 0 saturated carbocycles. The molecule has 1 aliphatic rings. The van der Waals surface area contributed by atoms with Crippen molar-refractivity contribution in [1.29, 1.82) is 0 Å². The van der Waals surface area contributed by atoms with E-state index in [0.29, 0.717) is 6.54 Å². The SMILES string of the molecule is Cc1ccc(N2CC(CNS(=O)(=O)Cc3ccccc3)OCC2=O)cc1. The van der Waals surface area contributed by atoms with Gasteiger partial charge in [0.1, 0.15) is 6.61 Å². The molecule has 0 aromatic heterocycles. The van der Waals surface area contributed by atoms with E-state index in [-0.39, 0.29) is 30.9 Å². The Kier molecular flexibility index (Phi) is 5.70. The number of hydrogen-bond donors (Lipinski definition) is 1.